The van der Waals surface area contributed by atoms with E-state index in [2.05, 4.69) is 31.4 Å². The Hall–Kier alpha value is -3.16. The van der Waals surface area contributed by atoms with Gasteiger partial charge in [0.25, 0.3) is 5.91 Å². The average molecular weight is 364 g/mol. The largest absolute Gasteiger partial charge is 0.463 e. The average Bonchev–Trinajstić information content (AvgIpc) is 3.48. The third kappa shape index (κ3) is 2.97. The van der Waals surface area contributed by atoms with E-state index in [0.717, 1.165) is 37.4 Å². The number of aromatic nitrogens is 4. The van der Waals surface area contributed by atoms with Crippen molar-refractivity contribution in [3.8, 4) is 11.5 Å². The highest BCUT2D eigenvalue weighted by atomic mass is 16.3. The number of aryl methyl sites for hydroxylation is 2. The number of rotatable bonds is 3. The number of nitrogens with one attached hydrogen (secondary N) is 1. The summed E-state index contributed by atoms with van der Waals surface area (Å²) in [6, 6.07) is 7.53. The predicted molar refractivity (Wildman–Crippen MR) is 98.5 cm³/mol. The monoisotopic (exact) mass is 364 g/mol. The number of hydrogen-bond donors (Lipinski definition) is 1. The van der Waals surface area contributed by atoms with Gasteiger partial charge in [0, 0.05) is 32.2 Å². The van der Waals surface area contributed by atoms with Gasteiger partial charge in [-0.25, -0.2) is 0 Å². The maximum absolute atomic E-state index is 12.7. The van der Waals surface area contributed by atoms with Crippen molar-refractivity contribution in [2.45, 2.75) is 19.3 Å². The quantitative estimate of drug-likeness (QED) is 0.763. The standard InChI is InChI=1S/C19H20N6O2/c26-19(16-12-15(21-22-16)17-5-2-10-27-17)25-8-6-24(7-9-25)18-11-13-3-1-4-14(13)20-23-18/h2,5,10-12H,1,3-4,6-9H2,(H,21,22). The van der Waals surface area contributed by atoms with Crippen LogP contribution < -0.4 is 4.90 Å². The Morgan fingerprint density at radius 1 is 1.11 bits per heavy atom. The number of anilines is 1. The van der Waals surface area contributed by atoms with E-state index >= 15 is 0 Å². The summed E-state index contributed by atoms with van der Waals surface area (Å²) in [6.45, 7) is 2.77. The van der Waals surface area contributed by atoms with E-state index in [9.17, 15) is 4.79 Å². The van der Waals surface area contributed by atoms with Crippen LogP contribution in [0.1, 0.15) is 28.2 Å². The van der Waals surface area contributed by atoms with E-state index in [1.165, 1.54) is 12.0 Å². The Morgan fingerprint density at radius 2 is 2.00 bits per heavy atom. The van der Waals surface area contributed by atoms with Crippen molar-refractivity contribution in [1.82, 2.24) is 25.3 Å². The number of carbonyl (C=O) groups is 1. The fourth-order valence-electron chi connectivity index (χ4n) is 3.76. The Bertz CT molecular complexity index is 957. The summed E-state index contributed by atoms with van der Waals surface area (Å²) in [7, 11) is 0. The summed E-state index contributed by atoms with van der Waals surface area (Å²) in [6.07, 6.45) is 4.89. The number of furan rings is 1. The SMILES string of the molecule is O=C(c1cc(-c2ccco2)[nH]n1)N1CCN(c2cc3c(nn2)CCC3)CC1. The number of aromatic amines is 1. The zero-order chi connectivity index (χ0) is 18.2. The van der Waals surface area contributed by atoms with Crippen molar-refractivity contribution in [1.29, 1.82) is 0 Å². The van der Waals surface area contributed by atoms with Crippen LogP contribution in [-0.4, -0.2) is 57.4 Å². The number of fused-ring (bicyclic) bond motifs is 1. The van der Waals surface area contributed by atoms with Crippen LogP contribution in [0.2, 0.25) is 0 Å². The molecule has 2 aliphatic rings. The van der Waals surface area contributed by atoms with Gasteiger partial charge in [0.2, 0.25) is 0 Å². The molecule has 138 valence electrons. The highest BCUT2D eigenvalue weighted by molar-refractivity contribution is 5.93. The van der Waals surface area contributed by atoms with Crippen LogP contribution in [-0.2, 0) is 12.8 Å². The lowest BCUT2D eigenvalue weighted by Crippen LogP contribution is -2.49. The van der Waals surface area contributed by atoms with Crippen LogP contribution in [0.15, 0.2) is 34.9 Å². The molecule has 1 N–H and O–H groups in total. The van der Waals surface area contributed by atoms with Crippen LogP contribution >= 0.6 is 0 Å². The van der Waals surface area contributed by atoms with Gasteiger partial charge in [0.15, 0.2) is 17.3 Å². The molecule has 1 amide bonds. The van der Waals surface area contributed by atoms with E-state index in [1.807, 2.05) is 11.0 Å². The highest BCUT2D eigenvalue weighted by Crippen LogP contribution is 2.24. The third-order valence-corrected chi connectivity index (χ3v) is 5.28. The number of amides is 1. The summed E-state index contributed by atoms with van der Waals surface area (Å²) in [5.41, 5.74) is 3.57. The Labute approximate surface area is 156 Å². The second-order valence-electron chi connectivity index (χ2n) is 6.95. The maximum atomic E-state index is 12.7. The molecule has 8 nitrogen and oxygen atoms in total. The molecule has 0 spiro atoms. The predicted octanol–water partition coefficient (Wildman–Crippen LogP) is 1.91. The molecule has 5 rings (SSSR count). The zero-order valence-corrected chi connectivity index (χ0v) is 14.9. The second kappa shape index (κ2) is 6.53. The van der Waals surface area contributed by atoms with Gasteiger partial charge in [-0.15, -0.1) is 5.10 Å². The highest BCUT2D eigenvalue weighted by Gasteiger charge is 2.26. The normalized spacial score (nSPS) is 16.6. The second-order valence-corrected chi connectivity index (χ2v) is 6.95. The molecular weight excluding hydrogens is 344 g/mol. The van der Waals surface area contributed by atoms with Gasteiger partial charge in [0.1, 0.15) is 5.69 Å². The molecule has 1 aliphatic heterocycles. The maximum Gasteiger partial charge on any atom is 0.274 e. The van der Waals surface area contributed by atoms with Crippen LogP contribution in [0.5, 0.6) is 0 Å². The van der Waals surface area contributed by atoms with Crippen molar-refractivity contribution in [2.24, 2.45) is 0 Å². The van der Waals surface area contributed by atoms with Gasteiger partial charge in [-0.05, 0) is 43.0 Å². The summed E-state index contributed by atoms with van der Waals surface area (Å²) in [4.78, 5) is 16.8. The van der Waals surface area contributed by atoms with Gasteiger partial charge in [-0.3, -0.25) is 9.89 Å². The molecule has 0 unspecified atom stereocenters. The molecule has 0 saturated carbocycles. The van der Waals surface area contributed by atoms with Crippen molar-refractivity contribution in [3.63, 3.8) is 0 Å². The zero-order valence-electron chi connectivity index (χ0n) is 14.9. The van der Waals surface area contributed by atoms with E-state index in [-0.39, 0.29) is 5.91 Å². The van der Waals surface area contributed by atoms with E-state index in [4.69, 9.17) is 4.42 Å². The number of hydrogen-bond acceptors (Lipinski definition) is 6. The molecule has 0 atom stereocenters. The van der Waals surface area contributed by atoms with Gasteiger partial charge in [0.05, 0.1) is 12.0 Å². The summed E-state index contributed by atoms with van der Waals surface area (Å²) in [5.74, 6) is 1.52. The van der Waals surface area contributed by atoms with Crippen molar-refractivity contribution in [2.75, 3.05) is 31.1 Å². The van der Waals surface area contributed by atoms with E-state index < -0.39 is 0 Å². The Morgan fingerprint density at radius 3 is 2.81 bits per heavy atom. The Kier molecular flexibility index (Phi) is 3.88. The minimum Gasteiger partial charge on any atom is -0.463 e. The van der Waals surface area contributed by atoms with Crippen LogP contribution in [0, 0.1) is 0 Å². The smallest absolute Gasteiger partial charge is 0.274 e. The number of nitrogens with zero attached hydrogens (tertiary/aromatic N) is 5. The molecule has 8 heteroatoms. The number of carbonyl (C=O) groups excluding carboxylic acids is 1. The van der Waals surface area contributed by atoms with Crippen LogP contribution in [0.3, 0.4) is 0 Å². The number of piperazine rings is 1. The van der Waals surface area contributed by atoms with E-state index in [1.54, 1.807) is 18.4 Å². The minimum absolute atomic E-state index is 0.0660. The molecule has 3 aromatic rings. The minimum atomic E-state index is -0.0660. The lowest BCUT2D eigenvalue weighted by Gasteiger charge is -2.35. The third-order valence-electron chi connectivity index (χ3n) is 5.28. The summed E-state index contributed by atoms with van der Waals surface area (Å²) >= 11 is 0. The fraction of sp³-hybridized carbons (Fsp3) is 0.368. The van der Waals surface area contributed by atoms with Gasteiger partial charge in [-0.2, -0.15) is 10.2 Å². The molecule has 3 aromatic heterocycles. The first-order valence-electron chi connectivity index (χ1n) is 9.27. The molecule has 27 heavy (non-hydrogen) atoms. The molecule has 1 aliphatic carbocycles. The van der Waals surface area contributed by atoms with Crippen molar-refractivity contribution < 1.29 is 9.21 Å². The first-order valence-corrected chi connectivity index (χ1v) is 9.27. The van der Waals surface area contributed by atoms with E-state index in [0.29, 0.717) is 30.2 Å². The lowest BCUT2D eigenvalue weighted by molar-refractivity contribution is 0.0740. The summed E-state index contributed by atoms with van der Waals surface area (Å²) in [5, 5.41) is 15.8. The van der Waals surface area contributed by atoms with Gasteiger partial charge < -0.3 is 14.2 Å². The molecule has 0 bridgehead atoms. The first kappa shape index (κ1) is 16.0. The lowest BCUT2D eigenvalue weighted by atomic mass is 10.2. The van der Waals surface area contributed by atoms with Crippen LogP contribution in [0.4, 0.5) is 5.82 Å². The number of H-pyrrole nitrogens is 1. The fourth-order valence-corrected chi connectivity index (χ4v) is 3.76. The summed E-state index contributed by atoms with van der Waals surface area (Å²) < 4.78 is 5.34. The molecule has 0 aromatic carbocycles. The molecule has 4 heterocycles. The Balaban J connectivity index is 1.24. The molecule has 0 radical (unpaired) electrons. The molecular formula is C19H20N6O2. The first-order chi connectivity index (χ1) is 13.3. The van der Waals surface area contributed by atoms with Crippen molar-refractivity contribution in [3.05, 3.63) is 47.5 Å². The van der Waals surface area contributed by atoms with Gasteiger partial charge in [-0.1, -0.05) is 0 Å². The van der Waals surface area contributed by atoms with Gasteiger partial charge >= 0.3 is 0 Å². The van der Waals surface area contributed by atoms with Crippen molar-refractivity contribution >= 4 is 11.7 Å². The molecule has 1 saturated heterocycles. The topological polar surface area (TPSA) is 91.2 Å². The molecule has 1 fully saturated rings. The van der Waals surface area contributed by atoms with Crippen LogP contribution in [0.25, 0.3) is 11.5 Å².